The minimum atomic E-state index is -0.710. The predicted octanol–water partition coefficient (Wildman–Crippen LogP) is 4.52. The van der Waals surface area contributed by atoms with Gasteiger partial charge in [-0.2, -0.15) is 0 Å². The number of ether oxygens (including phenoxy) is 1. The summed E-state index contributed by atoms with van der Waals surface area (Å²) in [7, 11) is 0. The number of carbonyl (C=O) groups excluding carboxylic acids is 1. The van der Waals surface area contributed by atoms with Crippen molar-refractivity contribution in [3.63, 3.8) is 0 Å². The van der Waals surface area contributed by atoms with Crippen LogP contribution in [0.15, 0.2) is 12.2 Å². The standard InChI is InChI=1S/C20H32O4/c21-15-9-5-1-2-6-10-16-17(19-14-13-18(16)24-19)11-7-3-4-8-12-20(22)23/h3,7,15-19H,1-2,4-6,8-14H2,(H,22,23)/t16-,17+,18-,19+/m1/s1. The molecule has 2 aliphatic heterocycles. The molecule has 0 radical (unpaired) electrons. The summed E-state index contributed by atoms with van der Waals surface area (Å²) in [6.07, 6.45) is 18.3. The van der Waals surface area contributed by atoms with E-state index in [0.29, 0.717) is 30.5 Å². The lowest BCUT2D eigenvalue weighted by Gasteiger charge is -2.27. The van der Waals surface area contributed by atoms with Gasteiger partial charge in [0.2, 0.25) is 0 Å². The van der Waals surface area contributed by atoms with Crippen LogP contribution < -0.4 is 0 Å². The van der Waals surface area contributed by atoms with Gasteiger partial charge in [0.15, 0.2) is 0 Å². The summed E-state index contributed by atoms with van der Waals surface area (Å²) >= 11 is 0. The number of hydrogen-bond donors (Lipinski definition) is 1. The highest BCUT2D eigenvalue weighted by atomic mass is 16.5. The van der Waals surface area contributed by atoms with E-state index in [0.717, 1.165) is 38.4 Å². The molecule has 0 aliphatic carbocycles. The van der Waals surface area contributed by atoms with Crippen LogP contribution in [0.2, 0.25) is 0 Å². The van der Waals surface area contributed by atoms with Crippen molar-refractivity contribution in [2.24, 2.45) is 11.8 Å². The van der Waals surface area contributed by atoms with Crippen LogP contribution in [0.4, 0.5) is 0 Å². The SMILES string of the molecule is O=CCCCCCC[C@@H]1[C@H](CC=CCCCC(=O)O)[C@@H]2CC[C@H]1O2. The Morgan fingerprint density at radius 3 is 2.46 bits per heavy atom. The summed E-state index contributed by atoms with van der Waals surface area (Å²) < 4.78 is 6.14. The molecule has 0 amide bonds. The number of aliphatic carboxylic acids is 1. The quantitative estimate of drug-likeness (QED) is 0.305. The maximum atomic E-state index is 10.5. The first-order valence-electron chi connectivity index (χ1n) is 9.68. The molecule has 0 unspecified atom stereocenters. The van der Waals surface area contributed by atoms with E-state index in [1.807, 2.05) is 0 Å². The maximum Gasteiger partial charge on any atom is 0.303 e. The Morgan fingerprint density at radius 1 is 0.958 bits per heavy atom. The van der Waals surface area contributed by atoms with Crippen LogP contribution in [0.5, 0.6) is 0 Å². The first kappa shape index (κ1) is 19.2. The lowest BCUT2D eigenvalue weighted by atomic mass is 9.75. The third-order valence-corrected chi connectivity index (χ3v) is 5.54. The van der Waals surface area contributed by atoms with Crippen LogP contribution in [-0.4, -0.2) is 29.6 Å². The van der Waals surface area contributed by atoms with Crippen molar-refractivity contribution in [1.29, 1.82) is 0 Å². The second-order valence-electron chi connectivity index (χ2n) is 7.27. The van der Waals surface area contributed by atoms with Crippen LogP contribution in [0.3, 0.4) is 0 Å². The third kappa shape index (κ3) is 6.04. The molecule has 136 valence electrons. The number of carboxylic acid groups (broad SMARTS) is 1. The Bertz CT molecular complexity index is 418. The third-order valence-electron chi connectivity index (χ3n) is 5.54. The largest absolute Gasteiger partial charge is 0.481 e. The number of hydrogen-bond acceptors (Lipinski definition) is 3. The molecule has 4 nitrogen and oxygen atoms in total. The van der Waals surface area contributed by atoms with Gasteiger partial charge in [0.1, 0.15) is 6.29 Å². The molecule has 2 saturated heterocycles. The van der Waals surface area contributed by atoms with Crippen LogP contribution in [0.25, 0.3) is 0 Å². The molecular formula is C20H32O4. The molecule has 2 heterocycles. The van der Waals surface area contributed by atoms with E-state index in [-0.39, 0.29) is 6.42 Å². The second kappa shape index (κ2) is 10.7. The van der Waals surface area contributed by atoms with Crippen LogP contribution in [0, 0.1) is 11.8 Å². The Morgan fingerprint density at radius 2 is 1.71 bits per heavy atom. The highest BCUT2D eigenvalue weighted by molar-refractivity contribution is 5.66. The van der Waals surface area contributed by atoms with Crippen molar-refractivity contribution in [3.05, 3.63) is 12.2 Å². The lowest BCUT2D eigenvalue weighted by Crippen LogP contribution is -2.26. The molecule has 0 aromatic carbocycles. The minimum Gasteiger partial charge on any atom is -0.481 e. The molecule has 2 fully saturated rings. The first-order chi connectivity index (χ1) is 11.7. The van der Waals surface area contributed by atoms with Crippen molar-refractivity contribution in [2.45, 2.75) is 89.3 Å². The van der Waals surface area contributed by atoms with Gasteiger partial charge in [-0.15, -0.1) is 0 Å². The van der Waals surface area contributed by atoms with Crippen LogP contribution in [-0.2, 0) is 14.3 Å². The number of carbonyl (C=O) groups is 2. The summed E-state index contributed by atoms with van der Waals surface area (Å²) in [6, 6.07) is 0. The first-order valence-corrected chi connectivity index (χ1v) is 9.68. The van der Waals surface area contributed by atoms with Gasteiger partial charge in [-0.1, -0.05) is 31.4 Å². The molecule has 2 bridgehead atoms. The van der Waals surface area contributed by atoms with Gasteiger partial charge in [-0.05, 0) is 56.8 Å². The molecule has 2 rings (SSSR count). The number of aldehydes is 1. The summed E-state index contributed by atoms with van der Waals surface area (Å²) in [4.78, 5) is 20.8. The van der Waals surface area contributed by atoms with E-state index < -0.39 is 5.97 Å². The van der Waals surface area contributed by atoms with Gasteiger partial charge in [-0.3, -0.25) is 4.79 Å². The monoisotopic (exact) mass is 336 g/mol. The zero-order valence-corrected chi connectivity index (χ0v) is 14.7. The Balaban J connectivity index is 1.66. The molecule has 1 N–H and O–H groups in total. The van der Waals surface area contributed by atoms with Gasteiger partial charge >= 0.3 is 5.97 Å². The average molecular weight is 336 g/mol. The van der Waals surface area contributed by atoms with E-state index in [4.69, 9.17) is 9.84 Å². The van der Waals surface area contributed by atoms with Crippen molar-refractivity contribution < 1.29 is 19.4 Å². The van der Waals surface area contributed by atoms with Crippen molar-refractivity contribution in [3.8, 4) is 0 Å². The Labute approximate surface area is 145 Å². The van der Waals surface area contributed by atoms with E-state index >= 15 is 0 Å². The summed E-state index contributed by atoms with van der Waals surface area (Å²) in [5.41, 5.74) is 0. The molecule has 0 aromatic heterocycles. The smallest absolute Gasteiger partial charge is 0.303 e. The molecule has 2 aliphatic rings. The number of unbranched alkanes of at least 4 members (excludes halogenated alkanes) is 5. The molecule has 4 atom stereocenters. The van der Waals surface area contributed by atoms with E-state index in [2.05, 4.69) is 12.2 Å². The fraction of sp³-hybridized carbons (Fsp3) is 0.800. The van der Waals surface area contributed by atoms with E-state index in [9.17, 15) is 9.59 Å². The molecule has 0 saturated carbocycles. The van der Waals surface area contributed by atoms with Crippen molar-refractivity contribution in [1.82, 2.24) is 0 Å². The van der Waals surface area contributed by atoms with Gasteiger partial charge in [-0.25, -0.2) is 0 Å². The number of allylic oxidation sites excluding steroid dienone is 2. The lowest BCUT2D eigenvalue weighted by molar-refractivity contribution is -0.137. The van der Waals surface area contributed by atoms with Crippen LogP contribution >= 0.6 is 0 Å². The normalized spacial score (nSPS) is 28.7. The fourth-order valence-corrected chi connectivity index (χ4v) is 4.30. The van der Waals surface area contributed by atoms with Gasteiger partial charge in [0.25, 0.3) is 0 Å². The summed E-state index contributed by atoms with van der Waals surface area (Å²) in [6.45, 7) is 0. The average Bonchev–Trinajstić information content (AvgIpc) is 3.15. The molecule has 0 aromatic rings. The minimum absolute atomic E-state index is 0.258. The summed E-state index contributed by atoms with van der Waals surface area (Å²) in [5.74, 6) is 0.631. The zero-order chi connectivity index (χ0) is 17.2. The van der Waals surface area contributed by atoms with E-state index in [1.165, 1.54) is 32.1 Å². The fourth-order valence-electron chi connectivity index (χ4n) is 4.30. The van der Waals surface area contributed by atoms with Crippen molar-refractivity contribution >= 4 is 12.3 Å². The van der Waals surface area contributed by atoms with Crippen LogP contribution in [0.1, 0.15) is 77.0 Å². The second-order valence-corrected chi connectivity index (χ2v) is 7.27. The zero-order valence-electron chi connectivity index (χ0n) is 14.7. The molecule has 0 spiro atoms. The predicted molar refractivity (Wildman–Crippen MR) is 93.9 cm³/mol. The van der Waals surface area contributed by atoms with E-state index in [1.54, 1.807) is 0 Å². The molecule has 24 heavy (non-hydrogen) atoms. The highest BCUT2D eigenvalue weighted by Crippen LogP contribution is 2.47. The Hall–Kier alpha value is -1.16. The number of fused-ring (bicyclic) bond motifs is 2. The van der Waals surface area contributed by atoms with Gasteiger partial charge in [0.05, 0.1) is 12.2 Å². The van der Waals surface area contributed by atoms with Crippen molar-refractivity contribution in [2.75, 3.05) is 0 Å². The topological polar surface area (TPSA) is 63.6 Å². The van der Waals surface area contributed by atoms with Gasteiger partial charge < -0.3 is 14.6 Å². The molecular weight excluding hydrogens is 304 g/mol. The number of carboxylic acids is 1. The van der Waals surface area contributed by atoms with Gasteiger partial charge in [0, 0.05) is 12.8 Å². The maximum absolute atomic E-state index is 10.5. The molecule has 4 heteroatoms. The highest BCUT2D eigenvalue weighted by Gasteiger charge is 2.47. The Kier molecular flexibility index (Phi) is 8.51. The summed E-state index contributed by atoms with van der Waals surface area (Å²) in [5, 5.41) is 8.64. The number of rotatable bonds is 13.